The Balaban J connectivity index is 2.30. The lowest BCUT2D eigenvalue weighted by atomic mass is 10.2. The number of halogens is 1. The minimum atomic E-state index is -0.536. The molecule has 0 amide bonds. The highest BCUT2D eigenvalue weighted by Gasteiger charge is 2.20. The molecule has 0 aliphatic carbocycles. The maximum absolute atomic E-state index is 10.9. The lowest BCUT2D eigenvalue weighted by Gasteiger charge is -2.17. The van der Waals surface area contributed by atoms with Crippen LogP contribution in [-0.2, 0) is 6.54 Å². The molecule has 0 aromatic carbocycles. The summed E-state index contributed by atoms with van der Waals surface area (Å²) in [7, 11) is 1.69. The van der Waals surface area contributed by atoms with Crippen molar-refractivity contribution in [3.8, 4) is 0 Å². The normalized spacial score (nSPS) is 10.2. The Labute approximate surface area is 114 Å². The summed E-state index contributed by atoms with van der Waals surface area (Å²) in [6.07, 6.45) is 4.45. The van der Waals surface area contributed by atoms with Gasteiger partial charge in [0, 0.05) is 26.0 Å². The molecule has 7 nitrogen and oxygen atoms in total. The maximum Gasteiger partial charge on any atom is 0.329 e. The standard InChI is InChI=1S/C11H10ClN5O2/c1-16(7-8-3-2-4-13-5-8)10-9(17(18)19)6-14-11(12)15-10/h2-6H,7H2,1H3. The Morgan fingerprint density at radius 2 is 2.26 bits per heavy atom. The van der Waals surface area contributed by atoms with E-state index in [1.54, 1.807) is 30.4 Å². The van der Waals surface area contributed by atoms with E-state index in [2.05, 4.69) is 15.0 Å². The fraction of sp³-hybridized carbons (Fsp3) is 0.182. The highest BCUT2D eigenvalue weighted by Crippen LogP contribution is 2.26. The van der Waals surface area contributed by atoms with Gasteiger partial charge in [-0.25, -0.2) is 4.98 Å². The number of hydrogen-bond donors (Lipinski definition) is 0. The molecule has 0 bridgehead atoms. The predicted octanol–water partition coefficient (Wildman–Crippen LogP) is 2.07. The van der Waals surface area contributed by atoms with Gasteiger partial charge in [0.1, 0.15) is 6.20 Å². The van der Waals surface area contributed by atoms with Crippen molar-refractivity contribution in [1.29, 1.82) is 0 Å². The van der Waals surface area contributed by atoms with Crippen molar-refractivity contribution in [3.63, 3.8) is 0 Å². The molecule has 2 aromatic rings. The average Bonchev–Trinajstić information content (AvgIpc) is 2.39. The van der Waals surface area contributed by atoms with Gasteiger partial charge in [-0.3, -0.25) is 15.1 Å². The molecular formula is C11H10ClN5O2. The number of anilines is 1. The number of nitrogens with zero attached hydrogens (tertiary/aromatic N) is 5. The fourth-order valence-corrected chi connectivity index (χ4v) is 1.72. The van der Waals surface area contributed by atoms with Crippen LogP contribution in [0.25, 0.3) is 0 Å². The summed E-state index contributed by atoms with van der Waals surface area (Å²) >= 11 is 5.68. The van der Waals surface area contributed by atoms with Gasteiger partial charge in [-0.2, -0.15) is 4.98 Å². The van der Waals surface area contributed by atoms with Crippen molar-refractivity contribution in [2.45, 2.75) is 6.54 Å². The first-order valence-corrected chi connectivity index (χ1v) is 5.72. The zero-order chi connectivity index (χ0) is 13.8. The van der Waals surface area contributed by atoms with Crippen molar-refractivity contribution >= 4 is 23.1 Å². The van der Waals surface area contributed by atoms with E-state index in [0.717, 1.165) is 11.8 Å². The molecule has 2 heterocycles. The number of hydrogen-bond acceptors (Lipinski definition) is 6. The van der Waals surface area contributed by atoms with Crippen molar-refractivity contribution in [3.05, 3.63) is 51.7 Å². The Kier molecular flexibility index (Phi) is 3.86. The van der Waals surface area contributed by atoms with E-state index in [1.807, 2.05) is 6.07 Å². The van der Waals surface area contributed by atoms with E-state index in [4.69, 9.17) is 11.6 Å². The van der Waals surface area contributed by atoms with Crippen molar-refractivity contribution in [2.75, 3.05) is 11.9 Å². The Morgan fingerprint density at radius 1 is 1.47 bits per heavy atom. The van der Waals surface area contributed by atoms with Gasteiger partial charge in [0.05, 0.1) is 4.92 Å². The fourth-order valence-electron chi connectivity index (χ4n) is 1.60. The molecule has 0 fully saturated rings. The molecule has 0 aliphatic heterocycles. The Morgan fingerprint density at radius 3 is 2.89 bits per heavy atom. The van der Waals surface area contributed by atoms with Crippen LogP contribution in [0.4, 0.5) is 11.5 Å². The van der Waals surface area contributed by atoms with Crippen LogP contribution < -0.4 is 4.90 Å². The molecule has 0 saturated heterocycles. The van der Waals surface area contributed by atoms with Crippen LogP contribution >= 0.6 is 11.6 Å². The molecule has 2 rings (SSSR count). The summed E-state index contributed by atoms with van der Waals surface area (Å²) in [4.78, 5) is 23.5. The first-order chi connectivity index (χ1) is 9.08. The minimum Gasteiger partial charge on any atom is -0.349 e. The first-order valence-electron chi connectivity index (χ1n) is 5.35. The number of pyridine rings is 1. The number of aromatic nitrogens is 3. The summed E-state index contributed by atoms with van der Waals surface area (Å²) in [6.45, 7) is 0.433. The van der Waals surface area contributed by atoms with Gasteiger partial charge in [-0.05, 0) is 23.2 Å². The molecule has 0 radical (unpaired) electrons. The molecule has 19 heavy (non-hydrogen) atoms. The molecular weight excluding hydrogens is 270 g/mol. The lowest BCUT2D eigenvalue weighted by Crippen LogP contribution is -2.19. The van der Waals surface area contributed by atoms with Crippen LogP contribution in [0.2, 0.25) is 5.28 Å². The highest BCUT2D eigenvalue weighted by molar-refractivity contribution is 6.28. The third kappa shape index (κ3) is 3.14. The molecule has 0 unspecified atom stereocenters. The van der Waals surface area contributed by atoms with Crippen molar-refractivity contribution in [1.82, 2.24) is 15.0 Å². The van der Waals surface area contributed by atoms with Crippen LogP contribution in [0.15, 0.2) is 30.7 Å². The quantitative estimate of drug-likeness (QED) is 0.484. The molecule has 8 heteroatoms. The largest absolute Gasteiger partial charge is 0.349 e. The van der Waals surface area contributed by atoms with E-state index < -0.39 is 4.92 Å². The Hall–Kier alpha value is -2.28. The second-order valence-corrected chi connectivity index (χ2v) is 4.16. The minimum absolute atomic E-state index is 0.0290. The SMILES string of the molecule is CN(Cc1cccnc1)c1nc(Cl)ncc1[N+](=O)[O-]. The third-order valence-corrected chi connectivity index (χ3v) is 2.60. The van der Waals surface area contributed by atoms with Crippen LogP contribution in [0.1, 0.15) is 5.56 Å². The van der Waals surface area contributed by atoms with Gasteiger partial charge in [-0.1, -0.05) is 6.07 Å². The van der Waals surface area contributed by atoms with Crippen LogP contribution in [-0.4, -0.2) is 26.9 Å². The van der Waals surface area contributed by atoms with E-state index in [0.29, 0.717) is 6.54 Å². The second-order valence-electron chi connectivity index (χ2n) is 3.82. The monoisotopic (exact) mass is 279 g/mol. The summed E-state index contributed by atoms with van der Waals surface area (Å²) in [5, 5.41) is 10.9. The zero-order valence-electron chi connectivity index (χ0n) is 10.0. The molecule has 2 aromatic heterocycles. The summed E-state index contributed by atoms with van der Waals surface area (Å²) in [6, 6.07) is 3.67. The van der Waals surface area contributed by atoms with Gasteiger partial charge >= 0.3 is 5.69 Å². The molecule has 0 aliphatic rings. The second kappa shape index (κ2) is 5.57. The third-order valence-electron chi connectivity index (χ3n) is 2.42. The topological polar surface area (TPSA) is 85.0 Å². The molecule has 0 spiro atoms. The smallest absolute Gasteiger partial charge is 0.329 e. The Bertz CT molecular complexity index is 593. The highest BCUT2D eigenvalue weighted by atomic mass is 35.5. The number of nitro groups is 1. The molecule has 0 atom stereocenters. The van der Waals surface area contributed by atoms with Gasteiger partial charge in [0.15, 0.2) is 0 Å². The van der Waals surface area contributed by atoms with Gasteiger partial charge < -0.3 is 4.90 Å². The van der Waals surface area contributed by atoms with E-state index >= 15 is 0 Å². The van der Waals surface area contributed by atoms with Gasteiger partial charge in [0.25, 0.3) is 0 Å². The van der Waals surface area contributed by atoms with E-state index in [1.165, 1.54) is 0 Å². The first kappa shape index (κ1) is 13.2. The van der Waals surface area contributed by atoms with Crippen molar-refractivity contribution < 1.29 is 4.92 Å². The van der Waals surface area contributed by atoms with Gasteiger partial charge in [0.2, 0.25) is 11.1 Å². The predicted molar refractivity (Wildman–Crippen MR) is 70.0 cm³/mol. The van der Waals surface area contributed by atoms with Gasteiger partial charge in [-0.15, -0.1) is 0 Å². The number of rotatable bonds is 4. The van der Waals surface area contributed by atoms with Crippen LogP contribution in [0, 0.1) is 10.1 Å². The van der Waals surface area contributed by atoms with E-state index in [-0.39, 0.29) is 16.8 Å². The summed E-state index contributed by atoms with van der Waals surface area (Å²) < 4.78 is 0. The van der Waals surface area contributed by atoms with Crippen LogP contribution in [0.5, 0.6) is 0 Å². The van der Waals surface area contributed by atoms with Crippen molar-refractivity contribution in [2.24, 2.45) is 0 Å². The summed E-state index contributed by atoms with van der Waals surface area (Å²) in [5.41, 5.74) is 0.727. The average molecular weight is 280 g/mol. The molecule has 0 N–H and O–H groups in total. The molecule has 98 valence electrons. The summed E-state index contributed by atoms with van der Waals surface area (Å²) in [5.74, 6) is 0.175. The maximum atomic E-state index is 10.9. The lowest BCUT2D eigenvalue weighted by molar-refractivity contribution is -0.384. The van der Waals surface area contributed by atoms with Crippen LogP contribution in [0.3, 0.4) is 0 Å². The molecule has 0 saturated carbocycles. The van der Waals surface area contributed by atoms with E-state index in [9.17, 15) is 10.1 Å². The zero-order valence-corrected chi connectivity index (χ0v) is 10.8.